The molecule has 6 nitrogen and oxygen atoms in total. The summed E-state index contributed by atoms with van der Waals surface area (Å²) in [7, 11) is 1.75. The molecule has 0 aromatic carbocycles. The second kappa shape index (κ2) is 5.87. The lowest BCUT2D eigenvalue weighted by atomic mass is 10.1. The zero-order valence-electron chi connectivity index (χ0n) is 12.0. The summed E-state index contributed by atoms with van der Waals surface area (Å²) < 4.78 is 1.32. The van der Waals surface area contributed by atoms with Crippen LogP contribution in [0.2, 0.25) is 0 Å². The van der Waals surface area contributed by atoms with E-state index < -0.39 is 10.8 Å². The fourth-order valence-corrected chi connectivity index (χ4v) is 2.92. The minimum Gasteiger partial charge on any atom is -0.342 e. The molecule has 7 heteroatoms. The molecule has 0 aliphatic carbocycles. The van der Waals surface area contributed by atoms with Crippen LogP contribution in [0.4, 0.5) is 0 Å². The van der Waals surface area contributed by atoms with E-state index in [0.29, 0.717) is 18.8 Å². The second-order valence-electron chi connectivity index (χ2n) is 5.38. The minimum atomic E-state index is -0.454. The molecular weight excluding hydrogens is 276 g/mol. The van der Waals surface area contributed by atoms with Gasteiger partial charge in [0.05, 0.1) is 11.3 Å². The molecule has 1 aromatic rings. The smallest absolute Gasteiger partial charge is 0.245 e. The third kappa shape index (κ3) is 3.33. The van der Waals surface area contributed by atoms with Gasteiger partial charge in [-0.05, 0) is 19.9 Å². The highest BCUT2D eigenvalue weighted by Crippen LogP contribution is 2.29. The van der Waals surface area contributed by atoms with Gasteiger partial charge < -0.3 is 10.2 Å². The van der Waals surface area contributed by atoms with Gasteiger partial charge in [-0.1, -0.05) is 0 Å². The second-order valence-corrected chi connectivity index (χ2v) is 7.02. The van der Waals surface area contributed by atoms with Crippen molar-refractivity contribution >= 4 is 23.6 Å². The first-order valence-electron chi connectivity index (χ1n) is 6.57. The average molecular weight is 296 g/mol. The largest absolute Gasteiger partial charge is 0.342 e. The highest BCUT2D eigenvalue weighted by atomic mass is 32.2. The van der Waals surface area contributed by atoms with Crippen molar-refractivity contribution in [3.63, 3.8) is 0 Å². The van der Waals surface area contributed by atoms with Crippen LogP contribution in [0.25, 0.3) is 0 Å². The Kier molecular flexibility index (Phi) is 4.37. The summed E-state index contributed by atoms with van der Waals surface area (Å²) in [6.45, 7) is 4.96. The molecule has 1 aliphatic heterocycles. The van der Waals surface area contributed by atoms with Crippen LogP contribution in [0.3, 0.4) is 0 Å². The van der Waals surface area contributed by atoms with E-state index in [-0.39, 0.29) is 11.8 Å². The Morgan fingerprint density at radius 3 is 3.00 bits per heavy atom. The van der Waals surface area contributed by atoms with Gasteiger partial charge in [0.2, 0.25) is 11.8 Å². The van der Waals surface area contributed by atoms with Crippen LogP contribution in [0, 0.1) is 0 Å². The van der Waals surface area contributed by atoms with Crippen LogP contribution in [0.1, 0.15) is 13.8 Å². The summed E-state index contributed by atoms with van der Waals surface area (Å²) in [6.07, 6.45) is 3.57. The predicted octanol–water partition coefficient (Wildman–Crippen LogP) is 0.352. The van der Waals surface area contributed by atoms with Crippen molar-refractivity contribution in [2.45, 2.75) is 31.2 Å². The van der Waals surface area contributed by atoms with Gasteiger partial charge in [-0.25, -0.2) is 0 Å². The molecule has 1 fully saturated rings. The Hall–Kier alpha value is -1.50. The summed E-state index contributed by atoms with van der Waals surface area (Å²) >= 11 is 1.52. The number of nitrogens with zero attached hydrogens (tertiary/aromatic N) is 3. The lowest BCUT2D eigenvalue weighted by Gasteiger charge is -2.34. The highest BCUT2D eigenvalue weighted by Gasteiger charge is 2.38. The SMILES string of the molecule is CN(CCn1cccn1)C(=O)[C@H]1CSC(C)(C)C(=O)N1. The molecule has 0 spiro atoms. The van der Waals surface area contributed by atoms with E-state index in [1.807, 2.05) is 26.1 Å². The molecule has 20 heavy (non-hydrogen) atoms. The lowest BCUT2D eigenvalue weighted by molar-refractivity contribution is -0.135. The summed E-state index contributed by atoms with van der Waals surface area (Å²) in [6, 6.07) is 1.42. The van der Waals surface area contributed by atoms with Crippen molar-refractivity contribution in [3.05, 3.63) is 18.5 Å². The molecule has 1 aromatic heterocycles. The Morgan fingerprint density at radius 2 is 2.40 bits per heavy atom. The molecular formula is C13H20N4O2S. The maximum absolute atomic E-state index is 12.3. The standard InChI is InChI=1S/C13H20N4O2S/c1-13(2)12(19)15-10(9-20-13)11(18)16(3)7-8-17-6-4-5-14-17/h4-6,10H,7-9H2,1-3H3,(H,15,19)/t10-/m1/s1. The number of thioether (sulfide) groups is 1. The molecule has 1 saturated heterocycles. The fourth-order valence-electron chi connectivity index (χ4n) is 1.93. The van der Waals surface area contributed by atoms with E-state index in [1.54, 1.807) is 22.8 Å². The van der Waals surface area contributed by atoms with E-state index >= 15 is 0 Å². The zero-order valence-corrected chi connectivity index (χ0v) is 12.8. The van der Waals surface area contributed by atoms with Gasteiger partial charge in [0.15, 0.2) is 0 Å². The van der Waals surface area contributed by atoms with Crippen LogP contribution in [0.15, 0.2) is 18.5 Å². The molecule has 0 radical (unpaired) electrons. The lowest BCUT2D eigenvalue weighted by Crippen LogP contribution is -2.57. The van der Waals surface area contributed by atoms with Gasteiger partial charge >= 0.3 is 0 Å². The number of hydrogen-bond donors (Lipinski definition) is 1. The van der Waals surface area contributed by atoms with Crippen molar-refractivity contribution in [2.75, 3.05) is 19.3 Å². The van der Waals surface area contributed by atoms with Gasteiger partial charge in [-0.15, -0.1) is 11.8 Å². The van der Waals surface area contributed by atoms with Crippen molar-refractivity contribution in [1.29, 1.82) is 0 Å². The Bertz CT molecular complexity index is 487. The average Bonchev–Trinajstić information content (AvgIpc) is 2.91. The van der Waals surface area contributed by atoms with Crippen molar-refractivity contribution in [3.8, 4) is 0 Å². The van der Waals surface area contributed by atoms with E-state index in [1.165, 1.54) is 11.8 Å². The highest BCUT2D eigenvalue weighted by molar-refractivity contribution is 8.01. The molecule has 1 N–H and O–H groups in total. The Morgan fingerprint density at radius 1 is 1.65 bits per heavy atom. The van der Waals surface area contributed by atoms with Crippen molar-refractivity contribution < 1.29 is 9.59 Å². The third-order valence-corrected chi connectivity index (χ3v) is 4.77. The van der Waals surface area contributed by atoms with Crippen molar-refractivity contribution in [1.82, 2.24) is 20.0 Å². The zero-order chi connectivity index (χ0) is 14.8. The minimum absolute atomic E-state index is 0.0477. The third-order valence-electron chi connectivity index (χ3n) is 3.36. The van der Waals surface area contributed by atoms with Gasteiger partial charge in [0.25, 0.3) is 0 Å². The van der Waals surface area contributed by atoms with Gasteiger partial charge in [-0.3, -0.25) is 14.3 Å². The van der Waals surface area contributed by atoms with E-state index in [0.717, 1.165) is 0 Å². The normalized spacial score (nSPS) is 21.4. The summed E-state index contributed by atoms with van der Waals surface area (Å²) in [5.74, 6) is 0.491. The molecule has 0 unspecified atom stereocenters. The molecule has 2 rings (SSSR count). The Labute approximate surface area is 122 Å². The van der Waals surface area contributed by atoms with Crippen LogP contribution in [-0.4, -0.2) is 56.6 Å². The fraction of sp³-hybridized carbons (Fsp3) is 0.615. The maximum atomic E-state index is 12.3. The quantitative estimate of drug-likeness (QED) is 0.871. The molecule has 1 aliphatic rings. The molecule has 2 heterocycles. The topological polar surface area (TPSA) is 67.2 Å². The van der Waals surface area contributed by atoms with Crippen LogP contribution >= 0.6 is 11.8 Å². The summed E-state index contributed by atoms with van der Waals surface area (Å²) in [5.41, 5.74) is 0. The van der Waals surface area contributed by atoms with Gasteiger partial charge in [0, 0.05) is 31.7 Å². The van der Waals surface area contributed by atoms with Gasteiger partial charge in [-0.2, -0.15) is 5.10 Å². The molecule has 0 bridgehead atoms. The molecule has 0 saturated carbocycles. The number of hydrogen-bond acceptors (Lipinski definition) is 4. The number of carbonyl (C=O) groups is 2. The predicted molar refractivity (Wildman–Crippen MR) is 78.3 cm³/mol. The van der Waals surface area contributed by atoms with Crippen LogP contribution in [0.5, 0.6) is 0 Å². The first-order valence-corrected chi connectivity index (χ1v) is 7.56. The van der Waals surface area contributed by atoms with E-state index in [2.05, 4.69) is 10.4 Å². The number of amides is 2. The monoisotopic (exact) mass is 296 g/mol. The van der Waals surface area contributed by atoms with Crippen LogP contribution in [-0.2, 0) is 16.1 Å². The molecule has 110 valence electrons. The number of carbonyl (C=O) groups excluding carboxylic acids is 2. The number of rotatable bonds is 4. The first-order chi connectivity index (χ1) is 9.40. The van der Waals surface area contributed by atoms with Gasteiger partial charge in [0.1, 0.15) is 6.04 Å². The maximum Gasteiger partial charge on any atom is 0.245 e. The van der Waals surface area contributed by atoms with Crippen molar-refractivity contribution in [2.24, 2.45) is 0 Å². The number of aromatic nitrogens is 2. The van der Waals surface area contributed by atoms with E-state index in [4.69, 9.17) is 0 Å². The number of nitrogens with one attached hydrogen (secondary N) is 1. The summed E-state index contributed by atoms with van der Waals surface area (Å²) in [4.78, 5) is 25.8. The van der Waals surface area contributed by atoms with E-state index in [9.17, 15) is 9.59 Å². The summed E-state index contributed by atoms with van der Waals surface area (Å²) in [5, 5.41) is 6.90. The van der Waals surface area contributed by atoms with Crippen LogP contribution < -0.4 is 5.32 Å². The number of likely N-dealkylation sites (N-methyl/N-ethyl adjacent to an activating group) is 1. The molecule has 1 atom stereocenters. The first kappa shape index (κ1) is 14.9. The molecule has 2 amide bonds. The Balaban J connectivity index is 1.86.